The summed E-state index contributed by atoms with van der Waals surface area (Å²) in [7, 11) is 0. The highest BCUT2D eigenvalue weighted by Gasteiger charge is 2.19. The van der Waals surface area contributed by atoms with Gasteiger partial charge in [-0.3, -0.25) is 4.79 Å². The van der Waals surface area contributed by atoms with Crippen molar-refractivity contribution in [2.45, 2.75) is 34.6 Å². The summed E-state index contributed by atoms with van der Waals surface area (Å²) in [5, 5.41) is 3.07. The molecule has 0 saturated carbocycles. The molecule has 0 heterocycles. The minimum atomic E-state index is 0.0186. The van der Waals surface area contributed by atoms with Gasteiger partial charge in [0.15, 0.2) is 0 Å². The summed E-state index contributed by atoms with van der Waals surface area (Å²) < 4.78 is 0.976. The van der Waals surface area contributed by atoms with Crippen molar-refractivity contribution in [3.05, 3.63) is 33.8 Å². The smallest absolute Gasteiger partial charge is 0.251 e. The lowest BCUT2D eigenvalue weighted by molar-refractivity contribution is 0.0936. The lowest BCUT2D eigenvalue weighted by atomic mass is 9.85. The van der Waals surface area contributed by atoms with Crippen LogP contribution in [-0.2, 0) is 0 Å². The molecule has 1 N–H and O–H groups in total. The molecule has 0 saturated heterocycles. The molecule has 0 fully saturated rings. The molecule has 19 heavy (non-hydrogen) atoms. The van der Waals surface area contributed by atoms with Crippen molar-refractivity contribution in [2.75, 3.05) is 6.54 Å². The molecule has 1 aromatic carbocycles. The van der Waals surface area contributed by atoms with Crippen molar-refractivity contribution in [1.29, 1.82) is 0 Å². The SMILES string of the molecule is Cc1c(Br)cccc1C(=O)NCC(C(C)C)C(C)C. The summed E-state index contributed by atoms with van der Waals surface area (Å²) in [6.07, 6.45) is 0. The van der Waals surface area contributed by atoms with Gasteiger partial charge in [-0.05, 0) is 42.4 Å². The van der Waals surface area contributed by atoms with Crippen molar-refractivity contribution in [1.82, 2.24) is 5.32 Å². The van der Waals surface area contributed by atoms with E-state index in [0.29, 0.717) is 17.8 Å². The van der Waals surface area contributed by atoms with Crippen LogP contribution in [0.25, 0.3) is 0 Å². The largest absolute Gasteiger partial charge is 0.352 e. The Balaban J connectivity index is 2.72. The normalized spacial score (nSPS) is 11.4. The Hall–Kier alpha value is -0.830. The molecule has 0 aromatic heterocycles. The third-order valence-corrected chi connectivity index (χ3v) is 4.58. The van der Waals surface area contributed by atoms with Gasteiger partial charge in [0.05, 0.1) is 0 Å². The Kier molecular flexibility index (Phi) is 6.05. The van der Waals surface area contributed by atoms with E-state index >= 15 is 0 Å². The summed E-state index contributed by atoms with van der Waals surface area (Å²) in [5.41, 5.74) is 1.74. The van der Waals surface area contributed by atoms with E-state index in [-0.39, 0.29) is 5.91 Å². The second kappa shape index (κ2) is 7.09. The van der Waals surface area contributed by atoms with Crippen LogP contribution in [0.2, 0.25) is 0 Å². The Morgan fingerprint density at radius 2 is 1.79 bits per heavy atom. The molecular weight excluding hydrogens is 302 g/mol. The minimum absolute atomic E-state index is 0.0186. The highest BCUT2D eigenvalue weighted by atomic mass is 79.9. The van der Waals surface area contributed by atoms with E-state index < -0.39 is 0 Å². The van der Waals surface area contributed by atoms with Gasteiger partial charge in [0.1, 0.15) is 0 Å². The molecule has 0 spiro atoms. The van der Waals surface area contributed by atoms with Gasteiger partial charge in [-0.25, -0.2) is 0 Å². The van der Waals surface area contributed by atoms with Gasteiger partial charge in [-0.2, -0.15) is 0 Å². The van der Waals surface area contributed by atoms with Gasteiger partial charge in [0.25, 0.3) is 5.91 Å². The van der Waals surface area contributed by atoms with E-state index in [0.717, 1.165) is 22.1 Å². The van der Waals surface area contributed by atoms with Gasteiger partial charge >= 0.3 is 0 Å². The first kappa shape index (κ1) is 16.2. The summed E-state index contributed by atoms with van der Waals surface area (Å²) in [5.74, 6) is 1.68. The molecule has 0 aliphatic carbocycles. The Morgan fingerprint density at radius 1 is 1.21 bits per heavy atom. The van der Waals surface area contributed by atoms with Gasteiger partial charge in [0, 0.05) is 16.6 Å². The monoisotopic (exact) mass is 325 g/mol. The fourth-order valence-corrected chi connectivity index (χ4v) is 2.77. The van der Waals surface area contributed by atoms with Crippen LogP contribution in [0.5, 0.6) is 0 Å². The second-order valence-corrected chi connectivity index (χ2v) is 6.63. The van der Waals surface area contributed by atoms with Crippen LogP contribution in [-0.4, -0.2) is 12.5 Å². The zero-order valence-corrected chi connectivity index (χ0v) is 14.0. The average molecular weight is 326 g/mol. The number of carbonyl (C=O) groups is 1. The molecule has 0 unspecified atom stereocenters. The number of halogens is 1. The van der Waals surface area contributed by atoms with Gasteiger partial charge in [0.2, 0.25) is 0 Å². The van der Waals surface area contributed by atoms with E-state index in [2.05, 4.69) is 48.9 Å². The van der Waals surface area contributed by atoms with E-state index in [1.54, 1.807) is 0 Å². The summed E-state index contributed by atoms with van der Waals surface area (Å²) in [6.45, 7) is 11.5. The number of nitrogens with one attached hydrogen (secondary N) is 1. The third-order valence-electron chi connectivity index (χ3n) is 3.72. The van der Waals surface area contributed by atoms with Crippen LogP contribution in [0.4, 0.5) is 0 Å². The lowest BCUT2D eigenvalue weighted by Gasteiger charge is -2.25. The molecule has 0 atom stereocenters. The Morgan fingerprint density at radius 3 is 2.32 bits per heavy atom. The van der Waals surface area contributed by atoms with Crippen molar-refractivity contribution in [2.24, 2.45) is 17.8 Å². The molecule has 1 amide bonds. The van der Waals surface area contributed by atoms with Crippen LogP contribution < -0.4 is 5.32 Å². The second-order valence-electron chi connectivity index (χ2n) is 5.77. The van der Waals surface area contributed by atoms with Gasteiger partial charge in [-0.1, -0.05) is 49.7 Å². The molecular formula is C16H24BrNO. The van der Waals surface area contributed by atoms with E-state index in [1.807, 2.05) is 25.1 Å². The summed E-state index contributed by atoms with van der Waals surface area (Å²) >= 11 is 3.46. The molecule has 0 radical (unpaired) electrons. The lowest BCUT2D eigenvalue weighted by Crippen LogP contribution is -2.34. The fraction of sp³-hybridized carbons (Fsp3) is 0.562. The summed E-state index contributed by atoms with van der Waals surface area (Å²) in [4.78, 5) is 12.2. The number of rotatable bonds is 5. The fourth-order valence-electron chi connectivity index (χ4n) is 2.40. The average Bonchev–Trinajstić information content (AvgIpc) is 2.31. The van der Waals surface area contributed by atoms with Crippen molar-refractivity contribution < 1.29 is 4.79 Å². The molecule has 3 heteroatoms. The van der Waals surface area contributed by atoms with Crippen LogP contribution in [0.3, 0.4) is 0 Å². The van der Waals surface area contributed by atoms with Crippen molar-refractivity contribution in [3.63, 3.8) is 0 Å². The van der Waals surface area contributed by atoms with Crippen LogP contribution in [0.1, 0.15) is 43.6 Å². The quantitative estimate of drug-likeness (QED) is 0.853. The first-order chi connectivity index (χ1) is 8.84. The number of benzene rings is 1. The highest BCUT2D eigenvalue weighted by Crippen LogP contribution is 2.21. The number of carbonyl (C=O) groups excluding carboxylic acids is 1. The minimum Gasteiger partial charge on any atom is -0.352 e. The van der Waals surface area contributed by atoms with Crippen LogP contribution in [0.15, 0.2) is 22.7 Å². The van der Waals surface area contributed by atoms with Crippen molar-refractivity contribution in [3.8, 4) is 0 Å². The maximum absolute atomic E-state index is 12.2. The maximum Gasteiger partial charge on any atom is 0.251 e. The zero-order valence-electron chi connectivity index (χ0n) is 12.5. The Bertz CT molecular complexity index is 432. The third kappa shape index (κ3) is 4.34. The van der Waals surface area contributed by atoms with Gasteiger partial charge < -0.3 is 5.32 Å². The zero-order chi connectivity index (χ0) is 14.6. The molecule has 1 rings (SSSR count). The predicted molar refractivity (Wildman–Crippen MR) is 84.4 cm³/mol. The van der Waals surface area contributed by atoms with E-state index in [4.69, 9.17) is 0 Å². The number of hydrogen-bond acceptors (Lipinski definition) is 1. The van der Waals surface area contributed by atoms with Crippen molar-refractivity contribution >= 4 is 21.8 Å². The molecule has 0 aliphatic rings. The molecule has 0 aliphatic heterocycles. The highest BCUT2D eigenvalue weighted by molar-refractivity contribution is 9.10. The topological polar surface area (TPSA) is 29.1 Å². The molecule has 1 aromatic rings. The van der Waals surface area contributed by atoms with E-state index in [1.165, 1.54) is 0 Å². The first-order valence-electron chi connectivity index (χ1n) is 6.87. The number of amides is 1. The molecule has 0 bridgehead atoms. The predicted octanol–water partition coefficient (Wildman–Crippen LogP) is 4.42. The maximum atomic E-state index is 12.2. The molecule has 2 nitrogen and oxygen atoms in total. The van der Waals surface area contributed by atoms with E-state index in [9.17, 15) is 4.79 Å². The standard InChI is InChI=1S/C16H24BrNO/c1-10(2)14(11(3)4)9-18-16(19)13-7-6-8-15(17)12(13)5/h6-8,10-11,14H,9H2,1-5H3,(H,18,19). The Labute approximate surface area is 125 Å². The van der Waals surface area contributed by atoms with Gasteiger partial charge in [-0.15, -0.1) is 0 Å². The van der Waals surface area contributed by atoms with Crippen LogP contribution in [0, 0.1) is 24.7 Å². The number of hydrogen-bond donors (Lipinski definition) is 1. The summed E-state index contributed by atoms with van der Waals surface area (Å²) in [6, 6.07) is 5.72. The molecule has 106 valence electrons. The first-order valence-corrected chi connectivity index (χ1v) is 7.67. The van der Waals surface area contributed by atoms with Crippen LogP contribution >= 0.6 is 15.9 Å².